The monoisotopic (exact) mass is 184 g/mol. The van der Waals surface area contributed by atoms with Crippen LogP contribution in [0.15, 0.2) is 0 Å². The van der Waals surface area contributed by atoms with Crippen LogP contribution in [0.25, 0.3) is 0 Å². The van der Waals surface area contributed by atoms with Gasteiger partial charge in [0.1, 0.15) is 0 Å². The average molecular weight is 184 g/mol. The number of rotatable bonds is 4. The Hall–Kier alpha value is -0.120. The number of nitrogens with zero attached hydrogens (tertiary/aromatic N) is 1. The zero-order valence-corrected chi connectivity index (χ0v) is 8.15. The minimum Gasteiger partial charge on any atom is -0.396 e. The van der Waals surface area contributed by atoms with Crippen molar-refractivity contribution in [2.24, 2.45) is 11.7 Å². The van der Waals surface area contributed by atoms with Gasteiger partial charge in [-0.05, 0) is 38.0 Å². The highest BCUT2D eigenvalue weighted by molar-refractivity contribution is 4.88. The lowest BCUT2D eigenvalue weighted by molar-refractivity contribution is 0.155. The molecule has 3 nitrogen and oxygen atoms in total. The molecule has 1 unspecified atom stereocenters. The highest BCUT2D eigenvalue weighted by Gasteiger charge is 2.34. The van der Waals surface area contributed by atoms with E-state index in [1.54, 1.807) is 0 Å². The van der Waals surface area contributed by atoms with Crippen molar-refractivity contribution in [2.75, 3.05) is 13.2 Å². The number of likely N-dealkylation sites (tertiary alicyclic amines) is 1. The summed E-state index contributed by atoms with van der Waals surface area (Å²) in [5, 5.41) is 8.91. The van der Waals surface area contributed by atoms with E-state index in [0.717, 1.165) is 18.8 Å². The van der Waals surface area contributed by atoms with Crippen LogP contribution in [0.5, 0.6) is 0 Å². The summed E-state index contributed by atoms with van der Waals surface area (Å²) in [5.41, 5.74) is 6.02. The van der Waals surface area contributed by atoms with Crippen molar-refractivity contribution in [1.29, 1.82) is 0 Å². The van der Waals surface area contributed by atoms with Gasteiger partial charge in [-0.25, -0.2) is 0 Å². The number of nitrogens with two attached hydrogens (primary N) is 1. The molecule has 13 heavy (non-hydrogen) atoms. The molecule has 1 saturated heterocycles. The van der Waals surface area contributed by atoms with Gasteiger partial charge in [-0.15, -0.1) is 0 Å². The summed E-state index contributed by atoms with van der Waals surface area (Å²) in [6.07, 6.45) is 6.22. The maximum Gasteiger partial charge on any atom is 0.0574 e. The van der Waals surface area contributed by atoms with Crippen LogP contribution in [0.2, 0.25) is 0 Å². The van der Waals surface area contributed by atoms with Gasteiger partial charge in [0.25, 0.3) is 0 Å². The molecule has 1 aliphatic carbocycles. The second kappa shape index (κ2) is 3.95. The molecule has 0 radical (unpaired) electrons. The van der Waals surface area contributed by atoms with Gasteiger partial charge in [-0.3, -0.25) is 4.90 Å². The third-order valence-corrected chi connectivity index (χ3v) is 3.32. The molecule has 0 aromatic rings. The van der Waals surface area contributed by atoms with Gasteiger partial charge in [-0.1, -0.05) is 0 Å². The molecule has 2 aliphatic rings. The highest BCUT2D eigenvalue weighted by atomic mass is 16.3. The second-order valence-corrected chi connectivity index (χ2v) is 4.45. The molecule has 2 atom stereocenters. The van der Waals surface area contributed by atoms with E-state index in [2.05, 4.69) is 4.90 Å². The number of aliphatic hydroxyl groups excluding tert-OH is 1. The Bertz CT molecular complexity index is 168. The average Bonchev–Trinajstić information content (AvgIpc) is 2.86. The van der Waals surface area contributed by atoms with Gasteiger partial charge in [0.2, 0.25) is 0 Å². The van der Waals surface area contributed by atoms with Crippen LogP contribution in [0, 0.1) is 5.92 Å². The van der Waals surface area contributed by atoms with E-state index in [1.807, 2.05) is 0 Å². The van der Waals surface area contributed by atoms with Crippen molar-refractivity contribution in [3.05, 3.63) is 0 Å². The Kier molecular flexibility index (Phi) is 2.86. The molecule has 0 aromatic heterocycles. The lowest BCUT2D eigenvalue weighted by atomic mass is 10.1. The molecule has 0 spiro atoms. The maximum absolute atomic E-state index is 8.91. The van der Waals surface area contributed by atoms with E-state index in [0.29, 0.717) is 12.6 Å². The molecule has 0 aromatic carbocycles. The molecule has 3 heteroatoms. The van der Waals surface area contributed by atoms with Gasteiger partial charge >= 0.3 is 0 Å². The molecule has 0 amide bonds. The van der Waals surface area contributed by atoms with Crippen LogP contribution < -0.4 is 5.73 Å². The summed E-state index contributed by atoms with van der Waals surface area (Å²) in [6, 6.07) is 0.556. The van der Waals surface area contributed by atoms with E-state index < -0.39 is 0 Å². The fraction of sp³-hybridized carbons (Fsp3) is 1.00. The molecule has 1 aliphatic heterocycles. The maximum atomic E-state index is 8.91. The lowest BCUT2D eigenvalue weighted by Gasteiger charge is -2.27. The topological polar surface area (TPSA) is 49.5 Å². The molecule has 0 bridgehead atoms. The van der Waals surface area contributed by atoms with Crippen molar-refractivity contribution >= 4 is 0 Å². The first kappa shape index (κ1) is 9.44. The summed E-state index contributed by atoms with van der Waals surface area (Å²) >= 11 is 0. The van der Waals surface area contributed by atoms with Crippen molar-refractivity contribution in [3.8, 4) is 0 Å². The third kappa shape index (κ3) is 2.22. The van der Waals surface area contributed by atoms with E-state index in [1.165, 1.54) is 25.8 Å². The van der Waals surface area contributed by atoms with Crippen LogP contribution in [0.4, 0.5) is 0 Å². The lowest BCUT2D eigenvalue weighted by Crippen LogP contribution is -2.42. The minimum absolute atomic E-state index is 0.261. The summed E-state index contributed by atoms with van der Waals surface area (Å²) in [6.45, 7) is 1.48. The predicted molar refractivity (Wildman–Crippen MR) is 52.1 cm³/mol. The van der Waals surface area contributed by atoms with E-state index in [4.69, 9.17) is 10.8 Å². The molecule has 2 fully saturated rings. The van der Waals surface area contributed by atoms with Crippen LogP contribution in [0.3, 0.4) is 0 Å². The van der Waals surface area contributed by atoms with Gasteiger partial charge in [0.05, 0.1) is 6.17 Å². The quantitative estimate of drug-likeness (QED) is 0.670. The van der Waals surface area contributed by atoms with Crippen molar-refractivity contribution < 1.29 is 5.11 Å². The second-order valence-electron chi connectivity index (χ2n) is 4.45. The first-order valence-electron chi connectivity index (χ1n) is 5.43. The Morgan fingerprint density at radius 1 is 1.23 bits per heavy atom. The molecule has 1 saturated carbocycles. The van der Waals surface area contributed by atoms with Crippen LogP contribution >= 0.6 is 0 Å². The SMILES string of the molecule is NC1CC[C@H](CCO)N1CC1CC1. The fourth-order valence-electron chi connectivity index (χ4n) is 2.31. The molecule has 76 valence electrons. The summed E-state index contributed by atoms with van der Waals surface area (Å²) in [4.78, 5) is 2.41. The molecule has 1 heterocycles. The minimum atomic E-state index is 0.261. The Morgan fingerprint density at radius 3 is 2.62 bits per heavy atom. The van der Waals surface area contributed by atoms with Crippen LogP contribution in [0.1, 0.15) is 32.1 Å². The van der Waals surface area contributed by atoms with Gasteiger partial charge in [0, 0.05) is 19.2 Å². The molecular weight excluding hydrogens is 164 g/mol. The van der Waals surface area contributed by atoms with Crippen LogP contribution in [-0.2, 0) is 0 Å². The number of hydrogen-bond acceptors (Lipinski definition) is 3. The van der Waals surface area contributed by atoms with E-state index in [9.17, 15) is 0 Å². The van der Waals surface area contributed by atoms with Gasteiger partial charge in [-0.2, -0.15) is 0 Å². The Morgan fingerprint density at radius 2 is 2.00 bits per heavy atom. The van der Waals surface area contributed by atoms with E-state index >= 15 is 0 Å². The van der Waals surface area contributed by atoms with E-state index in [-0.39, 0.29) is 6.17 Å². The standard InChI is InChI=1S/C10H20N2O/c11-10-4-3-9(5-6-13)12(10)7-8-1-2-8/h8-10,13H,1-7,11H2/t9-,10?/m1/s1. The summed E-state index contributed by atoms with van der Waals surface area (Å²) < 4.78 is 0. The summed E-state index contributed by atoms with van der Waals surface area (Å²) in [5.74, 6) is 0.908. The van der Waals surface area contributed by atoms with Crippen molar-refractivity contribution in [1.82, 2.24) is 4.90 Å². The Labute approximate surface area is 79.9 Å². The summed E-state index contributed by atoms with van der Waals surface area (Å²) in [7, 11) is 0. The van der Waals surface area contributed by atoms with Gasteiger partial charge in [0.15, 0.2) is 0 Å². The highest BCUT2D eigenvalue weighted by Crippen LogP contribution is 2.34. The molecular formula is C10H20N2O. The predicted octanol–water partition coefficient (Wildman–Crippen LogP) is 0.528. The first-order chi connectivity index (χ1) is 6.31. The normalized spacial score (nSPS) is 35.5. The fourth-order valence-corrected chi connectivity index (χ4v) is 2.31. The largest absolute Gasteiger partial charge is 0.396 e. The first-order valence-corrected chi connectivity index (χ1v) is 5.43. The number of hydrogen-bond donors (Lipinski definition) is 2. The van der Waals surface area contributed by atoms with Crippen molar-refractivity contribution in [3.63, 3.8) is 0 Å². The zero-order valence-electron chi connectivity index (χ0n) is 8.15. The van der Waals surface area contributed by atoms with Crippen molar-refractivity contribution in [2.45, 2.75) is 44.3 Å². The number of aliphatic hydroxyl groups is 1. The molecule has 3 N–H and O–H groups in total. The zero-order chi connectivity index (χ0) is 9.26. The smallest absolute Gasteiger partial charge is 0.0574 e. The van der Waals surface area contributed by atoms with Crippen LogP contribution in [-0.4, -0.2) is 35.4 Å². The van der Waals surface area contributed by atoms with Gasteiger partial charge < -0.3 is 10.8 Å². The molecule has 2 rings (SSSR count). The third-order valence-electron chi connectivity index (χ3n) is 3.32. The Balaban J connectivity index is 1.85.